The summed E-state index contributed by atoms with van der Waals surface area (Å²) in [5.41, 5.74) is 8.38. The molecule has 30 heavy (non-hydrogen) atoms. The molecule has 0 aliphatic carbocycles. The summed E-state index contributed by atoms with van der Waals surface area (Å²) in [5.74, 6) is -1.03. The molecule has 3 aromatic rings. The van der Waals surface area contributed by atoms with Gasteiger partial charge in [-0.2, -0.15) is 5.26 Å². The second kappa shape index (κ2) is 7.31. The Morgan fingerprint density at radius 2 is 1.80 bits per heavy atom. The monoisotopic (exact) mass is 432 g/mol. The van der Waals surface area contributed by atoms with Crippen molar-refractivity contribution in [2.75, 3.05) is 0 Å². The van der Waals surface area contributed by atoms with Crippen molar-refractivity contribution in [2.24, 2.45) is 5.73 Å². The molecule has 1 aliphatic rings. The summed E-state index contributed by atoms with van der Waals surface area (Å²) in [7, 11) is 0. The predicted octanol–water partition coefficient (Wildman–Crippen LogP) is 4.85. The van der Waals surface area contributed by atoms with Crippen molar-refractivity contribution in [1.82, 2.24) is 10.2 Å². The summed E-state index contributed by atoms with van der Waals surface area (Å²) in [6.45, 7) is 0. The number of nitrogens with two attached hydrogens (primary N) is 1. The SMILES string of the molecule is N#CC1=C(N)Oc2n[nH]c(-c3ccc(Cl)cc3)c2[C@@H]1c1ccc(OC(F)(F)F)cc1. The van der Waals surface area contributed by atoms with Crippen molar-refractivity contribution >= 4 is 11.6 Å². The molecule has 6 nitrogen and oxygen atoms in total. The van der Waals surface area contributed by atoms with Crippen LogP contribution in [0.4, 0.5) is 13.2 Å². The molecule has 10 heteroatoms. The molecule has 1 aromatic heterocycles. The number of benzene rings is 2. The van der Waals surface area contributed by atoms with E-state index in [-0.39, 0.29) is 23.1 Å². The molecule has 0 amide bonds. The number of ether oxygens (including phenoxy) is 2. The maximum absolute atomic E-state index is 12.5. The van der Waals surface area contributed by atoms with Gasteiger partial charge in [0.2, 0.25) is 11.8 Å². The standard InChI is InChI=1S/C20H12ClF3N4O2/c21-12-5-1-11(2-6-12)17-16-15(14(9-25)18(26)29-19(16)28-27-17)10-3-7-13(8-4-10)30-20(22,23)24/h1-8,15H,26H2,(H,27,28)/t15-/m1/s1. The minimum Gasteiger partial charge on any atom is -0.420 e. The Bertz CT molecular complexity index is 1160. The zero-order chi connectivity index (χ0) is 21.5. The minimum absolute atomic E-state index is 0.114. The Kier molecular flexibility index (Phi) is 4.79. The summed E-state index contributed by atoms with van der Waals surface area (Å²) in [5, 5.41) is 17.2. The van der Waals surface area contributed by atoms with Gasteiger partial charge in [-0.3, -0.25) is 5.10 Å². The Balaban J connectivity index is 1.82. The zero-order valence-electron chi connectivity index (χ0n) is 15.0. The fourth-order valence-electron chi connectivity index (χ4n) is 3.28. The van der Waals surface area contributed by atoms with E-state index >= 15 is 0 Å². The number of hydrogen-bond acceptors (Lipinski definition) is 5. The predicted molar refractivity (Wildman–Crippen MR) is 101 cm³/mol. The Morgan fingerprint density at radius 3 is 2.40 bits per heavy atom. The van der Waals surface area contributed by atoms with Gasteiger partial charge in [0.05, 0.1) is 17.2 Å². The topological polar surface area (TPSA) is 97.0 Å². The molecule has 0 saturated carbocycles. The molecule has 4 rings (SSSR count). The van der Waals surface area contributed by atoms with E-state index < -0.39 is 12.3 Å². The number of alkyl halides is 3. The maximum Gasteiger partial charge on any atom is 0.573 e. The Hall–Kier alpha value is -3.64. The quantitative estimate of drug-likeness (QED) is 0.616. The van der Waals surface area contributed by atoms with Gasteiger partial charge in [0.1, 0.15) is 17.4 Å². The van der Waals surface area contributed by atoms with Gasteiger partial charge in [-0.25, -0.2) is 0 Å². The number of nitrogens with zero attached hydrogens (tertiary/aromatic N) is 2. The molecule has 2 heterocycles. The lowest BCUT2D eigenvalue weighted by Crippen LogP contribution is -2.21. The summed E-state index contributed by atoms with van der Waals surface area (Å²) < 4.78 is 46.8. The number of hydrogen-bond donors (Lipinski definition) is 2. The largest absolute Gasteiger partial charge is 0.573 e. The first kappa shape index (κ1) is 19.7. The highest BCUT2D eigenvalue weighted by atomic mass is 35.5. The lowest BCUT2D eigenvalue weighted by molar-refractivity contribution is -0.274. The third kappa shape index (κ3) is 3.65. The molecule has 2 aromatic carbocycles. The number of halogens is 4. The maximum atomic E-state index is 12.5. The molecule has 1 atom stereocenters. The van der Waals surface area contributed by atoms with Gasteiger partial charge in [0.25, 0.3) is 0 Å². The van der Waals surface area contributed by atoms with Crippen molar-refractivity contribution in [3.63, 3.8) is 0 Å². The van der Waals surface area contributed by atoms with E-state index in [2.05, 4.69) is 14.9 Å². The third-order valence-electron chi connectivity index (χ3n) is 4.52. The summed E-state index contributed by atoms with van der Waals surface area (Å²) in [6, 6.07) is 14.2. The van der Waals surface area contributed by atoms with Crippen molar-refractivity contribution in [2.45, 2.75) is 12.3 Å². The first-order valence-corrected chi connectivity index (χ1v) is 8.92. The van der Waals surface area contributed by atoms with Crippen LogP contribution in [0, 0.1) is 11.3 Å². The van der Waals surface area contributed by atoms with Crippen molar-refractivity contribution < 1.29 is 22.6 Å². The molecule has 0 saturated heterocycles. The van der Waals surface area contributed by atoms with Gasteiger partial charge in [0.15, 0.2) is 0 Å². The Morgan fingerprint density at radius 1 is 1.13 bits per heavy atom. The number of allylic oxidation sites excluding steroid dienone is 1. The van der Waals surface area contributed by atoms with E-state index in [0.29, 0.717) is 21.8 Å². The van der Waals surface area contributed by atoms with Crippen LogP contribution in [-0.4, -0.2) is 16.6 Å². The molecule has 0 bridgehead atoms. The van der Waals surface area contributed by atoms with E-state index in [1.165, 1.54) is 24.3 Å². The zero-order valence-corrected chi connectivity index (χ0v) is 15.8. The van der Waals surface area contributed by atoms with Gasteiger partial charge in [-0.15, -0.1) is 18.3 Å². The molecule has 0 unspecified atom stereocenters. The number of nitrogens with one attached hydrogen (secondary N) is 1. The average Bonchev–Trinajstić information content (AvgIpc) is 3.10. The van der Waals surface area contributed by atoms with E-state index in [4.69, 9.17) is 22.1 Å². The van der Waals surface area contributed by atoms with Crippen LogP contribution in [0.2, 0.25) is 5.02 Å². The van der Waals surface area contributed by atoms with E-state index in [0.717, 1.165) is 5.56 Å². The Labute approximate surface area is 173 Å². The normalized spacial score (nSPS) is 15.9. The van der Waals surface area contributed by atoms with E-state index in [1.54, 1.807) is 24.3 Å². The molecular formula is C20H12ClF3N4O2. The smallest absolute Gasteiger partial charge is 0.420 e. The number of nitriles is 1. The molecule has 3 N–H and O–H groups in total. The number of H-pyrrole nitrogens is 1. The van der Waals surface area contributed by atoms with Crippen LogP contribution in [0.25, 0.3) is 11.3 Å². The lowest BCUT2D eigenvalue weighted by atomic mass is 9.83. The molecule has 0 radical (unpaired) electrons. The van der Waals surface area contributed by atoms with Crippen LogP contribution in [0.15, 0.2) is 60.0 Å². The minimum atomic E-state index is -4.80. The molecule has 0 fully saturated rings. The fourth-order valence-corrected chi connectivity index (χ4v) is 3.40. The summed E-state index contributed by atoms with van der Waals surface area (Å²) in [6.07, 6.45) is -4.80. The van der Waals surface area contributed by atoms with Crippen molar-refractivity contribution in [1.29, 1.82) is 5.26 Å². The highest BCUT2D eigenvalue weighted by molar-refractivity contribution is 6.30. The van der Waals surface area contributed by atoms with E-state index in [1.807, 2.05) is 6.07 Å². The number of aromatic amines is 1. The van der Waals surface area contributed by atoms with Gasteiger partial charge in [-0.05, 0) is 29.8 Å². The second-order valence-corrected chi connectivity index (χ2v) is 6.80. The highest BCUT2D eigenvalue weighted by Gasteiger charge is 2.36. The number of aromatic nitrogens is 2. The van der Waals surface area contributed by atoms with Crippen LogP contribution < -0.4 is 15.2 Å². The van der Waals surface area contributed by atoms with Gasteiger partial charge in [0, 0.05) is 10.6 Å². The first-order valence-electron chi connectivity index (χ1n) is 8.54. The molecule has 1 aliphatic heterocycles. The molecular weight excluding hydrogens is 421 g/mol. The van der Waals surface area contributed by atoms with E-state index in [9.17, 15) is 18.4 Å². The summed E-state index contributed by atoms with van der Waals surface area (Å²) >= 11 is 5.96. The van der Waals surface area contributed by atoms with Crippen LogP contribution in [0.5, 0.6) is 11.6 Å². The van der Waals surface area contributed by atoms with Crippen molar-refractivity contribution in [3.8, 4) is 29.0 Å². The van der Waals surface area contributed by atoms with Crippen molar-refractivity contribution in [3.05, 3.63) is 76.1 Å². The molecule has 0 spiro atoms. The van der Waals surface area contributed by atoms with Crippen LogP contribution in [0.1, 0.15) is 17.0 Å². The fraction of sp³-hybridized carbons (Fsp3) is 0.100. The highest BCUT2D eigenvalue weighted by Crippen LogP contribution is 2.46. The summed E-state index contributed by atoms with van der Waals surface area (Å²) in [4.78, 5) is 0. The second-order valence-electron chi connectivity index (χ2n) is 6.37. The number of fused-ring (bicyclic) bond motifs is 1. The van der Waals surface area contributed by atoms with Gasteiger partial charge in [-0.1, -0.05) is 35.9 Å². The van der Waals surface area contributed by atoms with Crippen LogP contribution in [-0.2, 0) is 0 Å². The average molecular weight is 433 g/mol. The number of rotatable bonds is 3. The lowest BCUT2D eigenvalue weighted by Gasteiger charge is -2.24. The van der Waals surface area contributed by atoms with Crippen LogP contribution in [0.3, 0.4) is 0 Å². The van der Waals surface area contributed by atoms with Crippen LogP contribution >= 0.6 is 11.6 Å². The third-order valence-corrected chi connectivity index (χ3v) is 4.77. The van der Waals surface area contributed by atoms with Gasteiger partial charge >= 0.3 is 6.36 Å². The molecule has 152 valence electrons. The van der Waals surface area contributed by atoms with Gasteiger partial charge < -0.3 is 15.2 Å². The first-order chi connectivity index (χ1) is 14.3.